The third-order valence-electron chi connectivity index (χ3n) is 6.78. The molecule has 1 amide bonds. The van der Waals surface area contributed by atoms with Gasteiger partial charge in [0.15, 0.2) is 5.96 Å². The van der Waals surface area contributed by atoms with E-state index in [0.717, 1.165) is 77.7 Å². The van der Waals surface area contributed by atoms with Crippen molar-refractivity contribution < 1.29 is 4.79 Å². The smallest absolute Gasteiger partial charge is 0.239 e. The summed E-state index contributed by atoms with van der Waals surface area (Å²) in [6.45, 7) is 14.8. The van der Waals surface area contributed by atoms with Crippen molar-refractivity contribution >= 4 is 23.2 Å². The van der Waals surface area contributed by atoms with Crippen molar-refractivity contribution in [3.8, 4) is 0 Å². The van der Waals surface area contributed by atoms with Crippen LogP contribution in [0.25, 0.3) is 0 Å². The fourth-order valence-electron chi connectivity index (χ4n) is 4.79. The largest absolute Gasteiger partial charge is 0.354 e. The number of thiophene rings is 1. The van der Waals surface area contributed by atoms with Crippen molar-refractivity contribution in [2.24, 2.45) is 4.99 Å². The molecule has 1 aromatic heterocycles. The van der Waals surface area contributed by atoms with Gasteiger partial charge in [0.2, 0.25) is 5.91 Å². The molecular formula is C23H40N6OS. The lowest BCUT2D eigenvalue weighted by molar-refractivity contribution is -0.135. The monoisotopic (exact) mass is 448 g/mol. The minimum Gasteiger partial charge on any atom is -0.354 e. The molecular weight excluding hydrogens is 408 g/mol. The summed E-state index contributed by atoms with van der Waals surface area (Å²) in [6.07, 6.45) is 2.29. The predicted molar refractivity (Wildman–Crippen MR) is 130 cm³/mol. The third-order valence-corrected chi connectivity index (χ3v) is 7.48. The summed E-state index contributed by atoms with van der Waals surface area (Å²) in [4.78, 5) is 26.5. The van der Waals surface area contributed by atoms with E-state index in [1.165, 1.54) is 5.56 Å². The first-order valence-corrected chi connectivity index (χ1v) is 12.8. The number of nitrogens with zero attached hydrogens (tertiary/aromatic N) is 5. The molecule has 0 spiro atoms. The molecule has 7 nitrogen and oxygen atoms in total. The number of guanidine groups is 1. The van der Waals surface area contributed by atoms with Crippen LogP contribution in [0.15, 0.2) is 21.8 Å². The maximum atomic E-state index is 12.8. The number of carbonyl (C=O) groups excluding carboxylic acids is 1. The molecule has 0 radical (unpaired) electrons. The zero-order valence-corrected chi connectivity index (χ0v) is 20.5. The first kappa shape index (κ1) is 24.0. The second-order valence-electron chi connectivity index (χ2n) is 8.45. The van der Waals surface area contributed by atoms with Gasteiger partial charge in [-0.05, 0) is 55.2 Å². The molecule has 0 aliphatic carbocycles. The van der Waals surface area contributed by atoms with Gasteiger partial charge in [0, 0.05) is 52.9 Å². The van der Waals surface area contributed by atoms with E-state index in [1.54, 1.807) is 11.3 Å². The van der Waals surface area contributed by atoms with E-state index in [9.17, 15) is 4.79 Å². The molecule has 1 aromatic rings. The second kappa shape index (κ2) is 11.8. The van der Waals surface area contributed by atoms with Crippen molar-refractivity contribution in [3.63, 3.8) is 0 Å². The number of likely N-dealkylation sites (N-methyl/N-ethyl adjacent to an activating group) is 1. The van der Waals surface area contributed by atoms with E-state index in [1.807, 2.05) is 11.9 Å². The highest BCUT2D eigenvalue weighted by Crippen LogP contribution is 2.22. The Hall–Kier alpha value is -1.64. The molecule has 31 heavy (non-hydrogen) atoms. The topological polar surface area (TPSA) is 54.4 Å². The zero-order chi connectivity index (χ0) is 22.2. The average Bonchev–Trinajstić information content (AvgIpc) is 3.53. The van der Waals surface area contributed by atoms with Crippen molar-refractivity contribution in [1.82, 2.24) is 24.9 Å². The number of rotatable bonds is 8. The standard InChI is InChI=1S/C23H40N6OS/c1-5-26(6-2)21(20-9-16-31-18-20)17-25-23(24-4)29-14-12-27(13-15-29)19(3)22(30)28-10-7-8-11-28/h9,16,18-19,21H,5-8,10-15,17H2,1-4H3,(H,24,25). The van der Waals surface area contributed by atoms with E-state index < -0.39 is 0 Å². The summed E-state index contributed by atoms with van der Waals surface area (Å²) >= 11 is 1.76. The number of carbonyl (C=O) groups is 1. The van der Waals surface area contributed by atoms with Crippen molar-refractivity contribution in [3.05, 3.63) is 22.4 Å². The Labute approximate surface area is 192 Å². The number of hydrogen-bond acceptors (Lipinski definition) is 5. The van der Waals surface area contributed by atoms with Crippen LogP contribution in [-0.2, 0) is 4.79 Å². The van der Waals surface area contributed by atoms with Crippen LogP contribution in [-0.4, -0.2) is 103 Å². The molecule has 2 unspecified atom stereocenters. The number of likely N-dealkylation sites (tertiary alicyclic amines) is 1. The van der Waals surface area contributed by atoms with E-state index in [-0.39, 0.29) is 6.04 Å². The average molecular weight is 449 g/mol. The van der Waals surface area contributed by atoms with Crippen LogP contribution in [0.5, 0.6) is 0 Å². The van der Waals surface area contributed by atoms with Crippen LogP contribution in [0.1, 0.15) is 45.2 Å². The van der Waals surface area contributed by atoms with E-state index in [2.05, 4.69) is 62.6 Å². The molecule has 2 aliphatic heterocycles. The fraction of sp³-hybridized carbons (Fsp3) is 0.739. The molecule has 174 valence electrons. The summed E-state index contributed by atoms with van der Waals surface area (Å²) < 4.78 is 0. The molecule has 0 bridgehead atoms. The van der Waals surface area contributed by atoms with Crippen LogP contribution < -0.4 is 5.32 Å². The lowest BCUT2D eigenvalue weighted by Crippen LogP contribution is -2.57. The van der Waals surface area contributed by atoms with Gasteiger partial charge in [-0.15, -0.1) is 0 Å². The molecule has 0 aromatic carbocycles. The van der Waals surface area contributed by atoms with Crippen LogP contribution in [0.3, 0.4) is 0 Å². The number of aliphatic imine (C=N–C) groups is 1. The van der Waals surface area contributed by atoms with Crippen molar-refractivity contribution in [2.75, 3.05) is 66.0 Å². The fourth-order valence-corrected chi connectivity index (χ4v) is 5.49. The molecule has 0 saturated carbocycles. The normalized spacial score (nSPS) is 20.4. The van der Waals surface area contributed by atoms with Crippen LogP contribution in [0.4, 0.5) is 0 Å². The number of nitrogens with one attached hydrogen (secondary N) is 1. The third kappa shape index (κ3) is 5.99. The number of hydrogen-bond donors (Lipinski definition) is 1. The van der Waals surface area contributed by atoms with Crippen molar-refractivity contribution in [1.29, 1.82) is 0 Å². The number of amides is 1. The Morgan fingerprint density at radius 1 is 1.13 bits per heavy atom. The second-order valence-corrected chi connectivity index (χ2v) is 9.23. The van der Waals surface area contributed by atoms with Gasteiger partial charge in [-0.2, -0.15) is 11.3 Å². The molecule has 1 N–H and O–H groups in total. The molecule has 2 fully saturated rings. The quantitative estimate of drug-likeness (QED) is 0.489. The zero-order valence-electron chi connectivity index (χ0n) is 19.7. The Morgan fingerprint density at radius 3 is 2.35 bits per heavy atom. The van der Waals surface area contributed by atoms with E-state index in [4.69, 9.17) is 0 Å². The van der Waals surface area contributed by atoms with Gasteiger partial charge >= 0.3 is 0 Å². The highest BCUT2D eigenvalue weighted by atomic mass is 32.1. The molecule has 2 saturated heterocycles. The lowest BCUT2D eigenvalue weighted by atomic mass is 10.1. The Bertz CT molecular complexity index is 691. The maximum absolute atomic E-state index is 12.8. The van der Waals surface area contributed by atoms with E-state index in [0.29, 0.717) is 11.9 Å². The van der Waals surface area contributed by atoms with E-state index >= 15 is 0 Å². The Morgan fingerprint density at radius 2 is 1.81 bits per heavy atom. The van der Waals surface area contributed by atoms with Crippen LogP contribution in [0.2, 0.25) is 0 Å². The van der Waals surface area contributed by atoms with Gasteiger partial charge in [0.1, 0.15) is 0 Å². The molecule has 3 heterocycles. The van der Waals surface area contributed by atoms with Crippen molar-refractivity contribution in [2.45, 2.75) is 45.7 Å². The Balaban J connectivity index is 1.53. The van der Waals surface area contributed by atoms with Gasteiger partial charge in [-0.1, -0.05) is 13.8 Å². The van der Waals surface area contributed by atoms with Gasteiger partial charge in [-0.25, -0.2) is 0 Å². The van der Waals surface area contributed by atoms with Crippen LogP contribution >= 0.6 is 11.3 Å². The lowest BCUT2D eigenvalue weighted by Gasteiger charge is -2.40. The first-order chi connectivity index (χ1) is 15.1. The molecule has 2 aliphatic rings. The summed E-state index contributed by atoms with van der Waals surface area (Å²) in [5, 5.41) is 8.05. The number of piperazine rings is 1. The Kier molecular flexibility index (Phi) is 9.16. The summed E-state index contributed by atoms with van der Waals surface area (Å²) in [6, 6.07) is 2.55. The molecule has 3 rings (SSSR count). The summed E-state index contributed by atoms with van der Waals surface area (Å²) in [7, 11) is 1.87. The molecule has 2 atom stereocenters. The highest BCUT2D eigenvalue weighted by Gasteiger charge is 2.30. The summed E-state index contributed by atoms with van der Waals surface area (Å²) in [5.41, 5.74) is 1.37. The highest BCUT2D eigenvalue weighted by molar-refractivity contribution is 7.07. The first-order valence-electron chi connectivity index (χ1n) is 11.8. The summed E-state index contributed by atoms with van der Waals surface area (Å²) in [5.74, 6) is 1.26. The molecule has 8 heteroatoms. The predicted octanol–water partition coefficient (Wildman–Crippen LogP) is 2.33. The van der Waals surface area contributed by atoms with Gasteiger partial charge < -0.3 is 15.1 Å². The van der Waals surface area contributed by atoms with Gasteiger partial charge in [0.25, 0.3) is 0 Å². The van der Waals surface area contributed by atoms with Gasteiger partial charge in [-0.3, -0.25) is 19.6 Å². The minimum atomic E-state index is -0.0270. The maximum Gasteiger partial charge on any atom is 0.239 e. The SMILES string of the molecule is CCN(CC)C(CNC(=NC)N1CCN(C(C)C(=O)N2CCCC2)CC1)c1ccsc1. The van der Waals surface area contributed by atoms with Gasteiger partial charge in [0.05, 0.1) is 12.1 Å². The van der Waals surface area contributed by atoms with Crippen LogP contribution in [0, 0.1) is 0 Å². The minimum absolute atomic E-state index is 0.0270.